The Balaban J connectivity index is 0. The van der Waals surface area contributed by atoms with E-state index in [1.54, 1.807) is 12.4 Å². The zero-order valence-electron chi connectivity index (χ0n) is 20.5. The molecule has 2 unspecified atom stereocenters. The van der Waals surface area contributed by atoms with Crippen molar-refractivity contribution in [3.05, 3.63) is 0 Å². The van der Waals surface area contributed by atoms with Gasteiger partial charge >= 0.3 is 11.9 Å². The summed E-state index contributed by atoms with van der Waals surface area (Å²) in [7, 11) is -2.86. The predicted octanol–water partition coefficient (Wildman–Crippen LogP) is 0.776. The molecule has 0 radical (unpaired) electrons. The third-order valence-electron chi connectivity index (χ3n) is 3.10. The zero-order valence-corrected chi connectivity index (χ0v) is 21.4. The second-order valence-corrected chi connectivity index (χ2v) is 7.25. The second-order valence-electron chi connectivity index (χ2n) is 5.84. The highest BCUT2D eigenvalue weighted by Crippen LogP contribution is 2.38. The second kappa shape index (κ2) is 23.4. The van der Waals surface area contributed by atoms with Crippen LogP contribution in [0.5, 0.6) is 0 Å². The molecule has 0 spiro atoms. The molecular formula is C24H34NO8P. The molecule has 0 heterocycles. The highest BCUT2D eigenvalue weighted by molar-refractivity contribution is 7.45. The van der Waals surface area contributed by atoms with Crippen LogP contribution >= 0.6 is 7.82 Å². The number of hydrogen-bond acceptors (Lipinski definition) is 8. The van der Waals surface area contributed by atoms with Gasteiger partial charge in [-0.25, -0.2) is 0 Å². The number of phosphoric ester groups is 1. The van der Waals surface area contributed by atoms with Crippen LogP contribution < -0.4 is 10.2 Å². The molecule has 0 saturated carbocycles. The molecule has 2 N–H and O–H groups in total. The van der Waals surface area contributed by atoms with Gasteiger partial charge < -0.3 is 28.7 Å². The summed E-state index contributed by atoms with van der Waals surface area (Å²) < 4.78 is 31.3. The minimum absolute atomic E-state index is 0.0787. The number of quaternary nitrogens is 1. The first kappa shape index (κ1) is 33.4. The fourth-order valence-electron chi connectivity index (χ4n) is 1.66. The molecule has 34 heavy (non-hydrogen) atoms. The van der Waals surface area contributed by atoms with E-state index in [2.05, 4.69) is 51.9 Å². The lowest BCUT2D eigenvalue weighted by Crippen LogP contribution is -2.80. The highest BCUT2D eigenvalue weighted by atomic mass is 31.2. The van der Waals surface area contributed by atoms with Crippen LogP contribution in [0.3, 0.4) is 0 Å². The summed E-state index contributed by atoms with van der Waals surface area (Å²) in [5.41, 5.74) is 0. The fourth-order valence-corrected chi connectivity index (χ4v) is 2.41. The molecule has 0 rings (SSSR count). The topological polar surface area (TPSA) is 128 Å². The molecule has 188 valence electrons. The standard InChI is InChI=1S/C22H28NO8P.C2H6/c1-4-6-8-10-12-14-21(24)28-18-20(19-30-32(26,27)29-17-16-23-3)31-22(25)15-13-11-9-7-5-2;1-2/h20,23H,4-5,14-19H2,1-3H3,(H,26,27);1-2H3. The molecule has 0 aliphatic carbocycles. The Kier molecular flexibility index (Phi) is 23.0. The van der Waals surface area contributed by atoms with Crippen LogP contribution in [-0.2, 0) is 32.7 Å². The van der Waals surface area contributed by atoms with Crippen molar-refractivity contribution in [3.8, 4) is 47.4 Å². The number of phosphoric acid groups is 1. The van der Waals surface area contributed by atoms with Gasteiger partial charge in [-0.15, -0.1) is 0 Å². The van der Waals surface area contributed by atoms with Gasteiger partial charge in [0.2, 0.25) is 0 Å². The van der Waals surface area contributed by atoms with Crippen molar-refractivity contribution in [3.63, 3.8) is 0 Å². The Labute approximate surface area is 203 Å². The minimum Gasteiger partial charge on any atom is -0.756 e. The number of hydrogen-bond donors (Lipinski definition) is 1. The summed E-state index contributed by atoms with van der Waals surface area (Å²) >= 11 is 0. The van der Waals surface area contributed by atoms with Gasteiger partial charge in [0.15, 0.2) is 6.10 Å². The first-order valence-corrected chi connectivity index (χ1v) is 12.4. The van der Waals surface area contributed by atoms with Crippen LogP contribution in [0.1, 0.15) is 53.4 Å². The molecule has 0 aliphatic heterocycles. The van der Waals surface area contributed by atoms with Crippen molar-refractivity contribution in [2.75, 3.05) is 33.4 Å². The summed E-state index contributed by atoms with van der Waals surface area (Å²) in [6, 6.07) is 0. The lowest BCUT2D eigenvalue weighted by Gasteiger charge is -2.25. The van der Waals surface area contributed by atoms with Crippen LogP contribution in [0.15, 0.2) is 0 Å². The Morgan fingerprint density at radius 1 is 0.882 bits per heavy atom. The lowest BCUT2D eigenvalue weighted by molar-refractivity contribution is -0.627. The van der Waals surface area contributed by atoms with Gasteiger partial charge in [0.25, 0.3) is 7.82 Å². The van der Waals surface area contributed by atoms with Gasteiger partial charge in [-0.2, -0.15) is 0 Å². The highest BCUT2D eigenvalue weighted by Gasteiger charge is 2.20. The minimum atomic E-state index is -4.61. The quantitative estimate of drug-likeness (QED) is 0.182. The number of nitrogens with two attached hydrogens (primary N) is 1. The third kappa shape index (κ3) is 22.4. The number of carbonyl (C=O) groups is 2. The molecule has 0 aromatic heterocycles. The molecular weight excluding hydrogens is 461 g/mol. The zero-order chi connectivity index (χ0) is 26.1. The summed E-state index contributed by atoms with van der Waals surface area (Å²) in [6.45, 7) is 7.04. The van der Waals surface area contributed by atoms with Crippen molar-refractivity contribution >= 4 is 19.8 Å². The monoisotopic (exact) mass is 495 g/mol. The first-order chi connectivity index (χ1) is 16.3. The van der Waals surface area contributed by atoms with Crippen molar-refractivity contribution in [2.24, 2.45) is 0 Å². The van der Waals surface area contributed by atoms with Crippen LogP contribution in [-0.4, -0.2) is 51.5 Å². The van der Waals surface area contributed by atoms with E-state index in [1.807, 2.05) is 27.7 Å². The van der Waals surface area contributed by atoms with Gasteiger partial charge in [-0.05, 0) is 23.7 Å². The van der Waals surface area contributed by atoms with Crippen molar-refractivity contribution in [1.29, 1.82) is 0 Å². The Morgan fingerprint density at radius 3 is 1.94 bits per heavy atom. The molecule has 10 heteroatoms. The van der Waals surface area contributed by atoms with Crippen LogP contribution in [0.4, 0.5) is 0 Å². The maximum Gasteiger partial charge on any atom is 0.318 e. The number of rotatable bonds is 12. The maximum absolute atomic E-state index is 11.9. The number of ether oxygens (including phenoxy) is 2. The SMILES string of the molecule is CC.CCC#CC#CCC(=O)OCC(COP(=O)([O-])OCC[NH2+]C)OC(=O)CC#CC#CCC. The molecule has 0 saturated heterocycles. The number of esters is 2. The van der Waals surface area contributed by atoms with E-state index < -0.39 is 39.1 Å². The molecule has 0 aliphatic rings. The first-order valence-electron chi connectivity index (χ1n) is 11.0. The largest absolute Gasteiger partial charge is 0.756 e. The fraction of sp³-hybridized carbons (Fsp3) is 0.583. The van der Waals surface area contributed by atoms with Crippen LogP contribution in [0.2, 0.25) is 0 Å². The van der Waals surface area contributed by atoms with Gasteiger partial charge in [0.1, 0.15) is 26.1 Å². The molecule has 0 aromatic carbocycles. The summed E-state index contributed by atoms with van der Waals surface area (Å²) in [5.74, 6) is 19.2. The molecule has 0 amide bonds. The van der Waals surface area contributed by atoms with E-state index in [-0.39, 0.29) is 19.4 Å². The van der Waals surface area contributed by atoms with E-state index in [0.717, 1.165) is 0 Å². The molecule has 9 nitrogen and oxygen atoms in total. The molecule has 0 bridgehead atoms. The van der Waals surface area contributed by atoms with Crippen molar-refractivity contribution < 1.29 is 42.9 Å². The van der Waals surface area contributed by atoms with E-state index in [4.69, 9.17) is 14.0 Å². The van der Waals surface area contributed by atoms with Gasteiger partial charge in [-0.1, -0.05) is 51.4 Å². The average Bonchev–Trinajstić information content (AvgIpc) is 2.82. The maximum atomic E-state index is 11.9. The summed E-state index contributed by atoms with van der Waals surface area (Å²) in [5, 5.41) is 1.73. The predicted molar refractivity (Wildman–Crippen MR) is 125 cm³/mol. The lowest BCUT2D eigenvalue weighted by atomic mass is 10.3. The van der Waals surface area contributed by atoms with Crippen LogP contribution in [0.25, 0.3) is 0 Å². The van der Waals surface area contributed by atoms with Crippen molar-refractivity contribution in [1.82, 2.24) is 0 Å². The van der Waals surface area contributed by atoms with Crippen molar-refractivity contribution in [2.45, 2.75) is 59.5 Å². The Morgan fingerprint density at radius 2 is 1.41 bits per heavy atom. The van der Waals surface area contributed by atoms with Gasteiger partial charge in [-0.3, -0.25) is 14.2 Å². The van der Waals surface area contributed by atoms with E-state index in [9.17, 15) is 19.0 Å². The summed E-state index contributed by atoms with van der Waals surface area (Å²) in [6.07, 6.45) is -0.411. The molecule has 0 fully saturated rings. The number of carbonyl (C=O) groups excluding carboxylic acids is 2. The third-order valence-corrected chi connectivity index (χ3v) is 4.06. The molecule has 2 atom stereocenters. The Bertz CT molecular complexity index is 887. The molecule has 0 aromatic rings. The van der Waals surface area contributed by atoms with E-state index >= 15 is 0 Å². The smallest absolute Gasteiger partial charge is 0.318 e. The van der Waals surface area contributed by atoms with Gasteiger partial charge in [0.05, 0.1) is 20.2 Å². The van der Waals surface area contributed by atoms with Gasteiger partial charge in [0, 0.05) is 12.8 Å². The Hall–Kier alpha value is -2.75. The van der Waals surface area contributed by atoms with E-state index in [1.165, 1.54) is 0 Å². The normalized spacial score (nSPS) is 11.5. The average molecular weight is 496 g/mol. The van der Waals surface area contributed by atoms with E-state index in [0.29, 0.717) is 19.4 Å². The van der Waals surface area contributed by atoms with Crippen LogP contribution in [0, 0.1) is 47.4 Å². The summed E-state index contributed by atoms with van der Waals surface area (Å²) in [4.78, 5) is 35.5. The number of likely N-dealkylation sites (N-methyl/N-ethyl adjacent to an activating group) is 1.